The fourth-order valence-corrected chi connectivity index (χ4v) is 5.07. The van der Waals surface area contributed by atoms with E-state index in [0.29, 0.717) is 26.7 Å². The van der Waals surface area contributed by atoms with Crippen molar-refractivity contribution in [3.05, 3.63) is 39.8 Å². The highest BCUT2D eigenvalue weighted by molar-refractivity contribution is 8.02. The summed E-state index contributed by atoms with van der Waals surface area (Å²) in [6, 6.07) is 3.32. The molecule has 0 bridgehead atoms. The number of carboxylic acids is 1. The van der Waals surface area contributed by atoms with Crippen molar-refractivity contribution in [2.24, 2.45) is 11.0 Å². The molecule has 0 saturated carbocycles. The van der Waals surface area contributed by atoms with Gasteiger partial charge in [0.05, 0.1) is 40.4 Å². The minimum Gasteiger partial charge on any atom is -0.481 e. The van der Waals surface area contributed by atoms with E-state index in [1.807, 2.05) is 0 Å². The molecule has 0 saturated heterocycles. The predicted octanol–water partition coefficient (Wildman–Crippen LogP) is 3.73. The molecule has 0 aliphatic carbocycles. The van der Waals surface area contributed by atoms with E-state index in [4.69, 9.17) is 5.11 Å². The minimum absolute atomic E-state index is 0.0168. The van der Waals surface area contributed by atoms with Crippen LogP contribution < -0.4 is 0 Å². The van der Waals surface area contributed by atoms with Gasteiger partial charge in [-0.2, -0.15) is 18.3 Å². The monoisotopic (exact) mass is 427 g/mol. The third-order valence-corrected chi connectivity index (χ3v) is 6.31. The van der Waals surface area contributed by atoms with Gasteiger partial charge in [0.2, 0.25) is 0 Å². The van der Waals surface area contributed by atoms with Crippen LogP contribution in [0.25, 0.3) is 10.2 Å². The Morgan fingerprint density at radius 2 is 2.14 bits per heavy atom. The Morgan fingerprint density at radius 3 is 2.86 bits per heavy atom. The van der Waals surface area contributed by atoms with Gasteiger partial charge in [0.15, 0.2) is 0 Å². The number of hydrogen-bond donors (Lipinski definition) is 1. The van der Waals surface area contributed by atoms with Gasteiger partial charge in [-0.3, -0.25) is 9.59 Å². The van der Waals surface area contributed by atoms with Crippen molar-refractivity contribution in [1.82, 2.24) is 9.99 Å². The molecule has 1 N–H and O–H groups in total. The van der Waals surface area contributed by atoms with Gasteiger partial charge in [-0.25, -0.2) is 9.99 Å². The molecule has 28 heavy (non-hydrogen) atoms. The molecule has 0 radical (unpaired) electrons. The lowest BCUT2D eigenvalue weighted by Gasteiger charge is -2.28. The van der Waals surface area contributed by atoms with Crippen LogP contribution in [0.2, 0.25) is 0 Å². The first-order chi connectivity index (χ1) is 13.2. The van der Waals surface area contributed by atoms with Crippen LogP contribution in [0.1, 0.15) is 17.0 Å². The number of nitrogens with zero attached hydrogens (tertiary/aromatic N) is 3. The molecule has 1 atom stereocenters. The van der Waals surface area contributed by atoms with E-state index in [-0.39, 0.29) is 24.4 Å². The first-order valence-corrected chi connectivity index (χ1v) is 9.98. The van der Waals surface area contributed by atoms with Crippen molar-refractivity contribution in [3.8, 4) is 0 Å². The number of alkyl halides is 3. The number of carboxylic acid groups (broad SMARTS) is 1. The summed E-state index contributed by atoms with van der Waals surface area (Å²) in [4.78, 5) is 28.0. The van der Waals surface area contributed by atoms with Crippen LogP contribution in [0.5, 0.6) is 0 Å². The van der Waals surface area contributed by atoms with E-state index in [2.05, 4.69) is 10.1 Å². The number of hydrogen-bond acceptors (Lipinski definition) is 6. The quantitative estimate of drug-likeness (QED) is 0.804. The molecule has 11 heteroatoms. The van der Waals surface area contributed by atoms with Crippen molar-refractivity contribution < 1.29 is 27.9 Å². The van der Waals surface area contributed by atoms with Crippen LogP contribution in [0.4, 0.5) is 13.2 Å². The fraction of sp³-hybridized carbons (Fsp3) is 0.294. The lowest BCUT2D eigenvalue weighted by Crippen LogP contribution is -2.40. The summed E-state index contributed by atoms with van der Waals surface area (Å²) in [6.45, 7) is -0.0168. The largest absolute Gasteiger partial charge is 0.481 e. The minimum atomic E-state index is -4.46. The van der Waals surface area contributed by atoms with Gasteiger partial charge < -0.3 is 5.11 Å². The number of aliphatic carboxylic acids is 1. The molecule has 0 spiro atoms. The molecule has 0 fully saturated rings. The molecule has 1 unspecified atom stereocenters. The standard InChI is InChI=1S/C17H12F3N3O3S2/c18-17(19,20)8-1-2-13-12(3-8)21-14(28-13)5-23-16(26)10-7-27-6-9(10)11(22-23)4-15(24)25/h1-3,6,10H,4-5,7H2,(H,24,25). The van der Waals surface area contributed by atoms with Crippen LogP contribution >= 0.6 is 23.1 Å². The highest BCUT2D eigenvalue weighted by atomic mass is 32.2. The number of benzene rings is 1. The summed E-state index contributed by atoms with van der Waals surface area (Å²) in [7, 11) is 0. The second-order valence-corrected chi connectivity index (χ2v) is 8.28. The van der Waals surface area contributed by atoms with Gasteiger partial charge in [0.25, 0.3) is 5.91 Å². The predicted molar refractivity (Wildman–Crippen MR) is 98.9 cm³/mol. The second-order valence-electron chi connectivity index (χ2n) is 6.26. The molecular weight excluding hydrogens is 415 g/mol. The van der Waals surface area contributed by atoms with Gasteiger partial charge in [0.1, 0.15) is 5.01 Å². The Kier molecular flexibility index (Phi) is 4.66. The maximum atomic E-state index is 12.9. The number of thioether (sulfide) groups is 1. The van der Waals surface area contributed by atoms with Crippen LogP contribution in [0.3, 0.4) is 0 Å². The van der Waals surface area contributed by atoms with Crippen LogP contribution in [0.15, 0.2) is 34.3 Å². The maximum Gasteiger partial charge on any atom is 0.416 e. The van der Waals surface area contributed by atoms with Crippen LogP contribution in [-0.2, 0) is 22.3 Å². The van der Waals surface area contributed by atoms with E-state index in [0.717, 1.165) is 12.1 Å². The van der Waals surface area contributed by atoms with Crippen LogP contribution in [-0.4, -0.2) is 38.4 Å². The Balaban J connectivity index is 1.64. The zero-order valence-electron chi connectivity index (χ0n) is 14.1. The zero-order chi connectivity index (χ0) is 20.1. The number of hydrazone groups is 1. The smallest absolute Gasteiger partial charge is 0.416 e. The number of amides is 1. The molecule has 2 aliphatic heterocycles. The highest BCUT2D eigenvalue weighted by Crippen LogP contribution is 2.36. The second kappa shape index (κ2) is 6.89. The molecule has 146 valence electrons. The molecule has 1 aromatic carbocycles. The fourth-order valence-electron chi connectivity index (χ4n) is 3.05. The number of rotatable bonds is 4. The lowest BCUT2D eigenvalue weighted by atomic mass is 9.94. The van der Waals surface area contributed by atoms with Gasteiger partial charge in [0, 0.05) is 5.75 Å². The molecular formula is C17H12F3N3O3S2. The summed E-state index contributed by atoms with van der Waals surface area (Å²) < 4.78 is 39.2. The van der Waals surface area contributed by atoms with Crippen molar-refractivity contribution in [3.63, 3.8) is 0 Å². The Labute approximate surface area is 164 Å². The van der Waals surface area contributed by atoms with E-state index in [9.17, 15) is 22.8 Å². The SMILES string of the molecule is O=C(O)CC1=NN(Cc2nc3cc(C(F)(F)F)ccc3s2)C(=O)C2CSC=C12. The molecule has 2 aromatic rings. The number of thiazole rings is 1. The Hall–Kier alpha value is -2.40. The number of carbonyl (C=O) groups is 2. The van der Waals surface area contributed by atoms with Crippen molar-refractivity contribution >= 4 is 50.9 Å². The molecule has 6 nitrogen and oxygen atoms in total. The Bertz CT molecular complexity index is 1050. The molecule has 3 heterocycles. The maximum absolute atomic E-state index is 12.9. The van der Waals surface area contributed by atoms with E-state index in [1.54, 1.807) is 5.41 Å². The van der Waals surface area contributed by atoms with E-state index >= 15 is 0 Å². The lowest BCUT2D eigenvalue weighted by molar-refractivity contribution is -0.137. The summed E-state index contributed by atoms with van der Waals surface area (Å²) in [5.74, 6) is -1.26. The summed E-state index contributed by atoms with van der Waals surface area (Å²) in [6.07, 6.45) is -4.76. The topological polar surface area (TPSA) is 82.9 Å². The first-order valence-electron chi connectivity index (χ1n) is 8.12. The third-order valence-electron chi connectivity index (χ3n) is 4.34. The van der Waals surface area contributed by atoms with Gasteiger partial charge in [-0.15, -0.1) is 23.1 Å². The third kappa shape index (κ3) is 3.51. The first kappa shape index (κ1) is 18.9. The average molecular weight is 427 g/mol. The van der Waals surface area contributed by atoms with Gasteiger partial charge >= 0.3 is 12.1 Å². The summed E-state index contributed by atoms with van der Waals surface area (Å²) in [5.41, 5.74) is 0.367. The van der Waals surface area contributed by atoms with E-state index < -0.39 is 23.6 Å². The number of aromatic nitrogens is 1. The number of fused-ring (bicyclic) bond motifs is 2. The molecule has 1 aromatic heterocycles. The summed E-state index contributed by atoms with van der Waals surface area (Å²) in [5, 5.41) is 16.7. The molecule has 2 aliphatic rings. The molecule has 1 amide bonds. The average Bonchev–Trinajstić information content (AvgIpc) is 3.23. The highest BCUT2D eigenvalue weighted by Gasteiger charge is 2.38. The normalized spacial score (nSPS) is 19.6. The van der Waals surface area contributed by atoms with Crippen molar-refractivity contribution in [2.75, 3.05) is 5.75 Å². The van der Waals surface area contributed by atoms with Crippen LogP contribution in [0, 0.1) is 5.92 Å². The number of halogens is 3. The summed E-state index contributed by atoms with van der Waals surface area (Å²) >= 11 is 2.60. The Morgan fingerprint density at radius 1 is 1.36 bits per heavy atom. The zero-order valence-corrected chi connectivity index (χ0v) is 15.7. The van der Waals surface area contributed by atoms with E-state index in [1.165, 1.54) is 34.2 Å². The van der Waals surface area contributed by atoms with Crippen molar-refractivity contribution in [1.29, 1.82) is 0 Å². The van der Waals surface area contributed by atoms with Gasteiger partial charge in [-0.05, 0) is 29.2 Å². The van der Waals surface area contributed by atoms with Gasteiger partial charge in [-0.1, -0.05) is 0 Å². The molecule has 4 rings (SSSR count). The van der Waals surface area contributed by atoms with Crippen molar-refractivity contribution in [2.45, 2.75) is 19.1 Å². The number of carbonyl (C=O) groups excluding carboxylic acids is 1.